The van der Waals surface area contributed by atoms with Gasteiger partial charge in [0.2, 0.25) is 0 Å². The van der Waals surface area contributed by atoms with E-state index >= 15 is 0 Å². The summed E-state index contributed by atoms with van der Waals surface area (Å²) in [6.07, 6.45) is -3.42. The maximum atomic E-state index is 12.4. The zero-order chi connectivity index (χ0) is 17.3. The number of likely N-dealkylation sites (N-methyl/N-ethyl adjacent to an activating group) is 1. The Hall–Kier alpha value is -1.02. The molecular formula is C15H30F3N5. The van der Waals surface area contributed by atoms with E-state index in [1.165, 1.54) is 4.90 Å². The van der Waals surface area contributed by atoms with Crippen molar-refractivity contribution in [2.24, 2.45) is 4.99 Å². The van der Waals surface area contributed by atoms with E-state index in [4.69, 9.17) is 0 Å². The minimum atomic E-state index is -4.13. The van der Waals surface area contributed by atoms with Crippen molar-refractivity contribution < 1.29 is 13.2 Å². The number of nitrogens with one attached hydrogen (secondary N) is 2. The Morgan fingerprint density at radius 3 is 2.52 bits per heavy atom. The van der Waals surface area contributed by atoms with Crippen molar-refractivity contribution >= 4 is 5.96 Å². The van der Waals surface area contributed by atoms with Gasteiger partial charge in [0.25, 0.3) is 0 Å². The van der Waals surface area contributed by atoms with Crippen molar-refractivity contribution in [3.05, 3.63) is 0 Å². The van der Waals surface area contributed by atoms with E-state index in [1.807, 2.05) is 6.92 Å². The second-order valence-electron chi connectivity index (χ2n) is 5.77. The van der Waals surface area contributed by atoms with Gasteiger partial charge in [-0.2, -0.15) is 13.2 Å². The van der Waals surface area contributed by atoms with E-state index in [1.54, 1.807) is 0 Å². The summed E-state index contributed by atoms with van der Waals surface area (Å²) in [6, 6.07) is 0.0172. The predicted molar refractivity (Wildman–Crippen MR) is 87.8 cm³/mol. The van der Waals surface area contributed by atoms with Crippen LogP contribution in [0.15, 0.2) is 4.99 Å². The first-order valence-electron chi connectivity index (χ1n) is 8.44. The van der Waals surface area contributed by atoms with Gasteiger partial charge >= 0.3 is 6.18 Å². The Bertz CT molecular complexity index is 356. The summed E-state index contributed by atoms with van der Waals surface area (Å²) in [7, 11) is 0. The van der Waals surface area contributed by atoms with Crippen LogP contribution < -0.4 is 10.6 Å². The number of alkyl halides is 3. The molecule has 1 saturated heterocycles. The Labute approximate surface area is 137 Å². The number of aliphatic imine (C=N–C) groups is 1. The summed E-state index contributed by atoms with van der Waals surface area (Å²) in [5.41, 5.74) is 0. The minimum Gasteiger partial charge on any atom is -0.357 e. The van der Waals surface area contributed by atoms with E-state index in [-0.39, 0.29) is 6.04 Å². The molecule has 0 spiro atoms. The molecule has 8 heteroatoms. The molecular weight excluding hydrogens is 307 g/mol. The molecule has 1 fully saturated rings. The normalized spacial score (nSPS) is 20.3. The van der Waals surface area contributed by atoms with Gasteiger partial charge in [-0.3, -0.25) is 9.89 Å². The van der Waals surface area contributed by atoms with Gasteiger partial charge in [-0.25, -0.2) is 0 Å². The number of rotatable bonds is 8. The highest BCUT2D eigenvalue weighted by molar-refractivity contribution is 5.80. The molecule has 1 rings (SSSR count). The summed E-state index contributed by atoms with van der Waals surface area (Å²) >= 11 is 0. The monoisotopic (exact) mass is 337 g/mol. The lowest BCUT2D eigenvalue weighted by atomic mass is 10.3. The van der Waals surface area contributed by atoms with Gasteiger partial charge in [0, 0.05) is 32.2 Å². The number of guanidine groups is 1. The summed E-state index contributed by atoms with van der Waals surface area (Å²) < 4.78 is 37.3. The lowest BCUT2D eigenvalue weighted by Gasteiger charge is -2.20. The lowest BCUT2D eigenvalue weighted by molar-refractivity contribution is -0.143. The van der Waals surface area contributed by atoms with Crippen LogP contribution in [-0.2, 0) is 0 Å². The van der Waals surface area contributed by atoms with E-state index in [2.05, 4.69) is 34.4 Å². The maximum absolute atomic E-state index is 12.4. The standard InChI is InChI=1S/C15H30F3N5/c1-4-19-14(20-8-10-22(5-2)6-3)21-13-7-9-23(11-13)12-15(16,17)18/h13H,4-12H2,1-3H3,(H2,19,20,21). The number of likely N-dealkylation sites (tertiary alicyclic amines) is 1. The van der Waals surface area contributed by atoms with Crippen molar-refractivity contribution in [2.75, 3.05) is 52.4 Å². The van der Waals surface area contributed by atoms with Crippen LogP contribution in [-0.4, -0.2) is 80.3 Å². The highest BCUT2D eigenvalue weighted by atomic mass is 19.4. The fraction of sp³-hybridized carbons (Fsp3) is 0.933. The fourth-order valence-corrected chi connectivity index (χ4v) is 2.70. The van der Waals surface area contributed by atoms with Crippen LogP contribution in [0.1, 0.15) is 27.2 Å². The largest absolute Gasteiger partial charge is 0.401 e. The molecule has 0 aromatic rings. The second-order valence-corrected chi connectivity index (χ2v) is 5.77. The zero-order valence-electron chi connectivity index (χ0n) is 14.4. The van der Waals surface area contributed by atoms with Crippen molar-refractivity contribution in [1.29, 1.82) is 0 Å². The first kappa shape index (κ1) is 20.0. The van der Waals surface area contributed by atoms with E-state index in [9.17, 15) is 13.2 Å². The fourth-order valence-electron chi connectivity index (χ4n) is 2.70. The molecule has 1 aliphatic rings. The third kappa shape index (κ3) is 8.41. The minimum absolute atomic E-state index is 0.0172. The molecule has 0 aromatic carbocycles. The molecule has 1 aliphatic heterocycles. The first-order chi connectivity index (χ1) is 10.9. The predicted octanol–water partition coefficient (Wildman–Crippen LogP) is 1.52. The van der Waals surface area contributed by atoms with Crippen molar-refractivity contribution in [3.8, 4) is 0 Å². The molecule has 0 bridgehead atoms. The second kappa shape index (κ2) is 9.97. The van der Waals surface area contributed by atoms with Crippen molar-refractivity contribution in [3.63, 3.8) is 0 Å². The molecule has 0 saturated carbocycles. The summed E-state index contributed by atoms with van der Waals surface area (Å²) in [5.74, 6) is 0.693. The van der Waals surface area contributed by atoms with Gasteiger partial charge in [0.15, 0.2) is 5.96 Å². The Kier molecular flexibility index (Phi) is 8.68. The molecule has 2 N–H and O–H groups in total. The number of hydrogen-bond acceptors (Lipinski definition) is 3. The SMILES string of the molecule is CCNC(=NCCN(CC)CC)NC1CCN(CC(F)(F)F)C1. The molecule has 23 heavy (non-hydrogen) atoms. The molecule has 0 amide bonds. The number of nitrogens with zero attached hydrogens (tertiary/aromatic N) is 3. The highest BCUT2D eigenvalue weighted by Gasteiger charge is 2.34. The van der Waals surface area contributed by atoms with E-state index in [0.717, 1.165) is 26.2 Å². The molecule has 0 radical (unpaired) electrons. The topological polar surface area (TPSA) is 42.9 Å². The Morgan fingerprint density at radius 2 is 1.96 bits per heavy atom. The van der Waals surface area contributed by atoms with Gasteiger partial charge in [-0.1, -0.05) is 13.8 Å². The average molecular weight is 337 g/mol. The van der Waals surface area contributed by atoms with Crippen LogP contribution in [0.25, 0.3) is 0 Å². The van der Waals surface area contributed by atoms with E-state index in [0.29, 0.717) is 32.0 Å². The van der Waals surface area contributed by atoms with Crippen molar-refractivity contribution in [2.45, 2.75) is 39.4 Å². The average Bonchev–Trinajstić information content (AvgIpc) is 2.88. The highest BCUT2D eigenvalue weighted by Crippen LogP contribution is 2.19. The Balaban J connectivity index is 2.43. The van der Waals surface area contributed by atoms with Crippen LogP contribution in [0.4, 0.5) is 13.2 Å². The molecule has 1 unspecified atom stereocenters. The van der Waals surface area contributed by atoms with Crippen LogP contribution in [0.3, 0.4) is 0 Å². The number of halogens is 3. The summed E-state index contributed by atoms with van der Waals surface area (Å²) in [6.45, 7) is 10.5. The van der Waals surface area contributed by atoms with Gasteiger partial charge in [-0.15, -0.1) is 0 Å². The number of hydrogen-bond donors (Lipinski definition) is 2. The van der Waals surface area contributed by atoms with Crippen LogP contribution >= 0.6 is 0 Å². The summed E-state index contributed by atoms with van der Waals surface area (Å²) in [5, 5.41) is 6.42. The van der Waals surface area contributed by atoms with Gasteiger partial charge < -0.3 is 15.5 Å². The van der Waals surface area contributed by atoms with E-state index < -0.39 is 12.7 Å². The lowest BCUT2D eigenvalue weighted by Crippen LogP contribution is -2.45. The van der Waals surface area contributed by atoms with Gasteiger partial charge in [0.1, 0.15) is 0 Å². The maximum Gasteiger partial charge on any atom is 0.401 e. The van der Waals surface area contributed by atoms with Gasteiger partial charge in [0.05, 0.1) is 13.1 Å². The zero-order valence-corrected chi connectivity index (χ0v) is 14.4. The summed E-state index contributed by atoms with van der Waals surface area (Å²) in [4.78, 5) is 8.25. The van der Waals surface area contributed by atoms with Gasteiger partial charge in [-0.05, 0) is 26.4 Å². The quantitative estimate of drug-likeness (QED) is 0.521. The third-order valence-corrected chi connectivity index (χ3v) is 3.94. The first-order valence-corrected chi connectivity index (χ1v) is 8.44. The molecule has 5 nitrogen and oxygen atoms in total. The third-order valence-electron chi connectivity index (χ3n) is 3.94. The molecule has 136 valence electrons. The Morgan fingerprint density at radius 1 is 1.26 bits per heavy atom. The van der Waals surface area contributed by atoms with Crippen LogP contribution in [0.5, 0.6) is 0 Å². The smallest absolute Gasteiger partial charge is 0.357 e. The van der Waals surface area contributed by atoms with Crippen molar-refractivity contribution in [1.82, 2.24) is 20.4 Å². The molecule has 1 heterocycles. The van der Waals surface area contributed by atoms with Crippen LogP contribution in [0.2, 0.25) is 0 Å². The molecule has 0 aromatic heterocycles. The molecule has 1 atom stereocenters. The van der Waals surface area contributed by atoms with Crippen LogP contribution in [0, 0.1) is 0 Å². The molecule has 0 aliphatic carbocycles.